The summed E-state index contributed by atoms with van der Waals surface area (Å²) in [6.07, 6.45) is 1.60. The molecule has 0 bridgehead atoms. The molecule has 0 unspecified atom stereocenters. The standard InChI is InChI=1S/C13H19N3O2S/c1-4-13(5-2,17-6-3)12-15-11(18-16-12)9-7-8-19-10(9)14/h7-8H,4-6,14H2,1-3H3. The molecule has 2 aromatic rings. The van der Waals surface area contributed by atoms with Crippen molar-refractivity contribution in [2.75, 3.05) is 12.3 Å². The number of thiophene rings is 1. The molecule has 0 aliphatic heterocycles. The van der Waals surface area contributed by atoms with Gasteiger partial charge in [0, 0.05) is 6.61 Å². The molecule has 104 valence electrons. The number of anilines is 1. The highest BCUT2D eigenvalue weighted by molar-refractivity contribution is 7.14. The summed E-state index contributed by atoms with van der Waals surface area (Å²) in [6.45, 7) is 6.71. The molecule has 0 saturated heterocycles. The number of rotatable bonds is 6. The molecule has 2 aromatic heterocycles. The van der Waals surface area contributed by atoms with Crippen molar-refractivity contribution < 1.29 is 9.26 Å². The van der Waals surface area contributed by atoms with Crippen LogP contribution in [0, 0.1) is 0 Å². The van der Waals surface area contributed by atoms with Gasteiger partial charge in [-0.2, -0.15) is 4.98 Å². The third-order valence-corrected chi connectivity index (χ3v) is 4.07. The maximum absolute atomic E-state index is 5.87. The summed E-state index contributed by atoms with van der Waals surface area (Å²) in [5.41, 5.74) is 6.20. The number of nitrogen functional groups attached to an aromatic ring is 1. The topological polar surface area (TPSA) is 74.2 Å². The summed E-state index contributed by atoms with van der Waals surface area (Å²) in [5, 5.41) is 6.68. The van der Waals surface area contributed by atoms with Gasteiger partial charge < -0.3 is 15.0 Å². The summed E-state index contributed by atoms with van der Waals surface area (Å²) < 4.78 is 11.2. The predicted molar refractivity (Wildman–Crippen MR) is 75.9 cm³/mol. The molecule has 0 radical (unpaired) electrons. The van der Waals surface area contributed by atoms with E-state index in [-0.39, 0.29) is 0 Å². The maximum atomic E-state index is 5.87. The molecule has 5 nitrogen and oxygen atoms in total. The van der Waals surface area contributed by atoms with E-state index in [0.29, 0.717) is 23.3 Å². The first-order valence-corrected chi connectivity index (χ1v) is 7.36. The second kappa shape index (κ2) is 5.71. The van der Waals surface area contributed by atoms with Gasteiger partial charge >= 0.3 is 0 Å². The zero-order valence-corrected chi connectivity index (χ0v) is 12.3. The SMILES string of the molecule is CCOC(CC)(CC)c1noc(-c2ccsc2N)n1. The minimum absolute atomic E-state index is 0.458. The molecule has 0 aromatic carbocycles. The molecule has 0 aliphatic carbocycles. The summed E-state index contributed by atoms with van der Waals surface area (Å²) in [5.74, 6) is 1.06. The van der Waals surface area contributed by atoms with Gasteiger partial charge in [-0.15, -0.1) is 11.3 Å². The molecule has 19 heavy (non-hydrogen) atoms. The van der Waals surface area contributed by atoms with Gasteiger partial charge in [0.25, 0.3) is 5.89 Å². The molecule has 0 spiro atoms. The summed E-state index contributed by atoms with van der Waals surface area (Å²) in [6, 6.07) is 1.89. The second-order valence-electron chi connectivity index (χ2n) is 4.26. The second-order valence-corrected chi connectivity index (χ2v) is 5.20. The monoisotopic (exact) mass is 281 g/mol. The van der Waals surface area contributed by atoms with Crippen LogP contribution in [0.2, 0.25) is 0 Å². The van der Waals surface area contributed by atoms with Crippen molar-refractivity contribution in [2.45, 2.75) is 39.2 Å². The van der Waals surface area contributed by atoms with E-state index in [1.807, 2.05) is 18.4 Å². The molecular formula is C13H19N3O2S. The van der Waals surface area contributed by atoms with Crippen molar-refractivity contribution in [1.82, 2.24) is 10.1 Å². The molecule has 0 aliphatic rings. The fourth-order valence-electron chi connectivity index (χ4n) is 2.13. The smallest absolute Gasteiger partial charge is 0.261 e. The first kappa shape index (κ1) is 14.0. The third kappa shape index (κ3) is 2.50. The Balaban J connectivity index is 2.36. The van der Waals surface area contributed by atoms with Crippen LogP contribution in [-0.2, 0) is 10.3 Å². The highest BCUT2D eigenvalue weighted by Gasteiger charge is 2.34. The lowest BCUT2D eigenvalue weighted by molar-refractivity contribution is -0.0583. The van der Waals surface area contributed by atoms with Crippen LogP contribution in [0.25, 0.3) is 11.5 Å². The molecule has 2 heterocycles. The van der Waals surface area contributed by atoms with E-state index in [4.69, 9.17) is 15.0 Å². The number of ether oxygens (including phenoxy) is 1. The summed E-state index contributed by atoms with van der Waals surface area (Å²) in [7, 11) is 0. The minimum Gasteiger partial charge on any atom is -0.390 e. The molecule has 2 N–H and O–H groups in total. The quantitative estimate of drug-likeness (QED) is 0.878. The predicted octanol–water partition coefficient (Wildman–Crippen LogP) is 3.43. The highest BCUT2D eigenvalue weighted by atomic mass is 32.1. The van der Waals surface area contributed by atoms with Gasteiger partial charge in [-0.05, 0) is 31.2 Å². The number of hydrogen-bond donors (Lipinski definition) is 1. The Morgan fingerprint density at radius 1 is 1.37 bits per heavy atom. The molecule has 0 amide bonds. The van der Waals surface area contributed by atoms with Gasteiger partial charge in [0.05, 0.1) is 10.6 Å². The number of nitrogens with zero attached hydrogens (tertiary/aromatic N) is 2. The van der Waals surface area contributed by atoms with Crippen LogP contribution < -0.4 is 5.73 Å². The average molecular weight is 281 g/mol. The van der Waals surface area contributed by atoms with Gasteiger partial charge in [0.1, 0.15) is 5.60 Å². The van der Waals surface area contributed by atoms with Gasteiger partial charge in [0.15, 0.2) is 0 Å². The lowest BCUT2D eigenvalue weighted by atomic mass is 9.96. The fraction of sp³-hybridized carbons (Fsp3) is 0.538. The van der Waals surface area contributed by atoms with Gasteiger partial charge in [-0.3, -0.25) is 0 Å². The van der Waals surface area contributed by atoms with Crippen LogP contribution in [0.4, 0.5) is 5.00 Å². The third-order valence-electron chi connectivity index (χ3n) is 3.32. The van der Waals surface area contributed by atoms with Crippen LogP contribution in [-0.4, -0.2) is 16.7 Å². The van der Waals surface area contributed by atoms with Crippen molar-refractivity contribution in [3.63, 3.8) is 0 Å². The van der Waals surface area contributed by atoms with E-state index >= 15 is 0 Å². The largest absolute Gasteiger partial charge is 0.390 e. The number of hydrogen-bond acceptors (Lipinski definition) is 6. The molecule has 6 heteroatoms. The summed E-state index contributed by atoms with van der Waals surface area (Å²) >= 11 is 1.46. The fourth-order valence-corrected chi connectivity index (χ4v) is 2.76. The Kier molecular flexibility index (Phi) is 4.21. The van der Waals surface area contributed by atoms with Crippen molar-refractivity contribution in [2.24, 2.45) is 0 Å². The van der Waals surface area contributed by atoms with Crippen LogP contribution in [0.3, 0.4) is 0 Å². The molecule has 0 fully saturated rings. The molecule has 0 saturated carbocycles. The maximum Gasteiger partial charge on any atom is 0.261 e. The molecule has 0 atom stereocenters. The zero-order valence-electron chi connectivity index (χ0n) is 11.5. The number of nitrogens with two attached hydrogens (primary N) is 1. The average Bonchev–Trinajstić information content (AvgIpc) is 3.04. The van der Waals surface area contributed by atoms with Crippen molar-refractivity contribution >= 4 is 16.3 Å². The Hall–Kier alpha value is -1.40. The Morgan fingerprint density at radius 2 is 2.11 bits per heavy atom. The van der Waals surface area contributed by atoms with Gasteiger partial charge in [0.2, 0.25) is 5.82 Å². The lowest BCUT2D eigenvalue weighted by Crippen LogP contribution is -2.29. The zero-order chi connectivity index (χ0) is 13.9. The van der Waals surface area contributed by atoms with Crippen molar-refractivity contribution in [1.29, 1.82) is 0 Å². The van der Waals surface area contributed by atoms with E-state index in [2.05, 4.69) is 24.0 Å². The summed E-state index contributed by atoms with van der Waals surface area (Å²) in [4.78, 5) is 4.47. The highest BCUT2D eigenvalue weighted by Crippen LogP contribution is 2.34. The van der Waals surface area contributed by atoms with Crippen LogP contribution in [0.1, 0.15) is 39.4 Å². The Bertz CT molecular complexity index is 531. The minimum atomic E-state index is -0.471. The lowest BCUT2D eigenvalue weighted by Gasteiger charge is -2.27. The van der Waals surface area contributed by atoms with Gasteiger partial charge in [-0.25, -0.2) is 0 Å². The van der Waals surface area contributed by atoms with E-state index in [1.165, 1.54) is 11.3 Å². The van der Waals surface area contributed by atoms with Crippen LogP contribution >= 0.6 is 11.3 Å². The van der Waals surface area contributed by atoms with Crippen LogP contribution in [0.15, 0.2) is 16.0 Å². The number of aromatic nitrogens is 2. The van der Waals surface area contributed by atoms with E-state index < -0.39 is 5.60 Å². The molecular weight excluding hydrogens is 262 g/mol. The van der Waals surface area contributed by atoms with E-state index in [9.17, 15) is 0 Å². The molecule has 2 rings (SSSR count). The Labute approximate surface area is 116 Å². The normalized spacial score (nSPS) is 11.9. The first-order valence-electron chi connectivity index (χ1n) is 6.48. The Morgan fingerprint density at radius 3 is 2.63 bits per heavy atom. The van der Waals surface area contributed by atoms with Gasteiger partial charge in [-0.1, -0.05) is 19.0 Å². The van der Waals surface area contributed by atoms with Crippen molar-refractivity contribution in [3.05, 3.63) is 17.3 Å². The van der Waals surface area contributed by atoms with E-state index in [1.54, 1.807) is 0 Å². The van der Waals surface area contributed by atoms with Crippen LogP contribution in [0.5, 0.6) is 0 Å². The van der Waals surface area contributed by atoms with Crippen molar-refractivity contribution in [3.8, 4) is 11.5 Å². The van der Waals surface area contributed by atoms with E-state index in [0.717, 1.165) is 18.4 Å². The first-order chi connectivity index (χ1) is 9.16.